The van der Waals surface area contributed by atoms with Gasteiger partial charge in [0.05, 0.1) is 0 Å². The van der Waals surface area contributed by atoms with E-state index in [2.05, 4.69) is 221 Å². The van der Waals surface area contributed by atoms with E-state index in [0.29, 0.717) is 18.6 Å². The highest BCUT2D eigenvalue weighted by Crippen LogP contribution is 2.68. The summed E-state index contributed by atoms with van der Waals surface area (Å²) in [6, 6.07) is 57.0. The Labute approximate surface area is 379 Å². The van der Waals surface area contributed by atoms with Crippen LogP contribution in [0.5, 0.6) is 0 Å². The van der Waals surface area contributed by atoms with Crippen molar-refractivity contribution in [1.29, 1.82) is 0 Å². The maximum atomic E-state index is 14.3. The first kappa shape index (κ1) is 44.3. The van der Waals surface area contributed by atoms with Gasteiger partial charge in [-0.15, -0.1) is 0 Å². The van der Waals surface area contributed by atoms with Crippen molar-refractivity contribution in [3.8, 4) is 44.5 Å². The number of ketones is 1. The van der Waals surface area contributed by atoms with Gasteiger partial charge < -0.3 is 0 Å². The maximum Gasteiger partial charge on any atom is 0.134 e. The van der Waals surface area contributed by atoms with Crippen LogP contribution in [-0.4, -0.2) is 5.78 Å². The molecule has 7 aromatic carbocycles. The van der Waals surface area contributed by atoms with E-state index in [1.165, 1.54) is 94.3 Å². The van der Waals surface area contributed by atoms with Crippen LogP contribution in [0.15, 0.2) is 152 Å². The van der Waals surface area contributed by atoms with Crippen molar-refractivity contribution in [2.24, 2.45) is 0 Å². The average Bonchev–Trinajstić information content (AvgIpc) is 3.28. The SMILES string of the molecule is Cc1ccccc1-c1cc(C(C)C)c(-c2cccc(-c3c(C(C)C)cc(-c4ccccc4C)cc3C(C)C)c2P2C(c3ccccc3)CC(=O)CC2c2ccccc2)c(C(C)C)c1. The summed E-state index contributed by atoms with van der Waals surface area (Å²) >= 11 is 0. The van der Waals surface area contributed by atoms with Crippen LogP contribution in [0.2, 0.25) is 0 Å². The van der Waals surface area contributed by atoms with Gasteiger partial charge in [-0.05, 0) is 132 Å². The van der Waals surface area contributed by atoms with Crippen molar-refractivity contribution < 1.29 is 4.79 Å². The third-order valence-electron chi connectivity index (χ3n) is 13.5. The standard InChI is InChI=1S/C61H65OP/c1-38(2)53-32-46(49-28-19-17-22-42(49)9)33-54(39(3)4)59(53)51-30-21-31-52(60-55(40(5)6)34-47(35-56(60)41(7)8)50-29-20-18-23-43(50)10)61(51)63-57(44-24-13-11-14-25-44)36-48(62)37-58(63)45-26-15-12-16-27-45/h11-35,38-41,57-58H,36-37H2,1-10H3. The van der Waals surface area contributed by atoms with E-state index in [4.69, 9.17) is 0 Å². The fraction of sp³-hybridized carbons (Fsp3) is 0.295. The Morgan fingerprint density at radius 1 is 0.413 bits per heavy atom. The van der Waals surface area contributed by atoms with Crippen LogP contribution in [0.4, 0.5) is 0 Å². The normalized spacial score (nSPS) is 16.7. The van der Waals surface area contributed by atoms with Crippen molar-refractivity contribution in [1.82, 2.24) is 0 Å². The van der Waals surface area contributed by atoms with Crippen LogP contribution in [0.1, 0.15) is 148 Å². The largest absolute Gasteiger partial charge is 0.300 e. The van der Waals surface area contributed by atoms with Crippen LogP contribution in [0.3, 0.4) is 0 Å². The van der Waals surface area contributed by atoms with Crippen molar-refractivity contribution in [2.45, 2.75) is 117 Å². The lowest BCUT2D eigenvalue weighted by atomic mass is 9.79. The number of aryl methyl sites for hydroxylation is 2. The Hall–Kier alpha value is -5.36. The quantitative estimate of drug-likeness (QED) is 0.119. The Bertz CT molecular complexity index is 2500. The average molecular weight is 845 g/mol. The smallest absolute Gasteiger partial charge is 0.134 e. The molecule has 0 radical (unpaired) electrons. The molecule has 0 amide bonds. The number of carbonyl (C=O) groups excluding carboxylic acids is 1. The van der Waals surface area contributed by atoms with Gasteiger partial charge in [0, 0.05) is 24.2 Å². The second kappa shape index (κ2) is 18.8. The molecule has 2 atom stereocenters. The number of Topliss-reactive ketones (excluding diaryl/α,β-unsaturated/α-hetero) is 1. The third-order valence-corrected chi connectivity index (χ3v) is 16.8. The third kappa shape index (κ3) is 8.80. The lowest BCUT2D eigenvalue weighted by Crippen LogP contribution is -2.26. The maximum absolute atomic E-state index is 14.3. The molecule has 2 unspecified atom stereocenters. The summed E-state index contributed by atoms with van der Waals surface area (Å²) in [5.74, 6) is 1.47. The molecular weight excluding hydrogens is 780 g/mol. The molecule has 0 saturated carbocycles. The van der Waals surface area contributed by atoms with Gasteiger partial charge in [0.25, 0.3) is 0 Å². The summed E-state index contributed by atoms with van der Waals surface area (Å²) in [5.41, 5.74) is 21.4. The van der Waals surface area contributed by atoms with Gasteiger partial charge in [0.2, 0.25) is 0 Å². The van der Waals surface area contributed by atoms with E-state index in [1.54, 1.807) is 0 Å². The second-order valence-corrected chi connectivity index (χ2v) is 21.7. The van der Waals surface area contributed by atoms with E-state index < -0.39 is 7.92 Å². The summed E-state index contributed by atoms with van der Waals surface area (Å²) < 4.78 is 0. The number of hydrogen-bond acceptors (Lipinski definition) is 1. The number of carbonyl (C=O) groups is 1. The molecule has 1 heterocycles. The Morgan fingerprint density at radius 2 is 0.730 bits per heavy atom. The molecule has 8 rings (SSSR count). The van der Waals surface area contributed by atoms with E-state index in [1.807, 2.05) is 0 Å². The van der Waals surface area contributed by atoms with Gasteiger partial charge in [0.15, 0.2) is 0 Å². The summed E-state index contributed by atoms with van der Waals surface area (Å²) in [5, 5.41) is 1.45. The van der Waals surface area contributed by atoms with Gasteiger partial charge in [-0.3, -0.25) is 4.79 Å². The summed E-state index contributed by atoms with van der Waals surface area (Å²) in [6.07, 6.45) is 1.10. The topological polar surface area (TPSA) is 17.1 Å². The minimum absolute atomic E-state index is 0.0556. The molecule has 320 valence electrons. The highest BCUT2D eigenvalue weighted by atomic mass is 31.1. The van der Waals surface area contributed by atoms with Gasteiger partial charge in [-0.1, -0.05) is 215 Å². The van der Waals surface area contributed by atoms with Gasteiger partial charge in [-0.2, -0.15) is 0 Å². The Kier molecular flexibility index (Phi) is 13.2. The lowest BCUT2D eigenvalue weighted by Gasteiger charge is -2.42. The van der Waals surface area contributed by atoms with Crippen molar-refractivity contribution >= 4 is 19.0 Å². The minimum Gasteiger partial charge on any atom is -0.300 e. The highest BCUT2D eigenvalue weighted by Gasteiger charge is 2.42. The molecule has 1 saturated heterocycles. The molecule has 1 aliphatic heterocycles. The fourth-order valence-corrected chi connectivity index (χ4v) is 14.1. The van der Waals surface area contributed by atoms with Crippen LogP contribution in [0.25, 0.3) is 44.5 Å². The molecule has 63 heavy (non-hydrogen) atoms. The monoisotopic (exact) mass is 844 g/mol. The molecule has 1 aliphatic rings. The van der Waals surface area contributed by atoms with Crippen molar-refractivity contribution in [3.63, 3.8) is 0 Å². The van der Waals surface area contributed by atoms with Crippen molar-refractivity contribution in [3.05, 3.63) is 196 Å². The fourth-order valence-electron chi connectivity index (χ4n) is 10.3. The predicted molar refractivity (Wildman–Crippen MR) is 273 cm³/mol. The summed E-state index contributed by atoms with van der Waals surface area (Å²) in [7, 11) is -1.02. The number of hydrogen-bond donors (Lipinski definition) is 0. The number of benzene rings is 7. The zero-order valence-electron chi connectivity index (χ0n) is 39.2. The van der Waals surface area contributed by atoms with E-state index >= 15 is 0 Å². The molecule has 0 bridgehead atoms. The van der Waals surface area contributed by atoms with Gasteiger partial charge >= 0.3 is 0 Å². The van der Waals surface area contributed by atoms with Crippen LogP contribution in [0, 0.1) is 13.8 Å². The van der Waals surface area contributed by atoms with Crippen molar-refractivity contribution in [2.75, 3.05) is 0 Å². The molecule has 1 fully saturated rings. The first-order valence-corrected chi connectivity index (χ1v) is 24.8. The molecule has 0 N–H and O–H groups in total. The van der Waals surface area contributed by atoms with E-state index in [0.717, 1.165) is 0 Å². The van der Waals surface area contributed by atoms with Crippen LogP contribution < -0.4 is 5.30 Å². The summed E-state index contributed by atoms with van der Waals surface area (Å²) in [4.78, 5) is 14.3. The lowest BCUT2D eigenvalue weighted by molar-refractivity contribution is -0.119. The highest BCUT2D eigenvalue weighted by molar-refractivity contribution is 7.67. The second-order valence-electron chi connectivity index (χ2n) is 19.2. The van der Waals surface area contributed by atoms with Gasteiger partial charge in [0.1, 0.15) is 5.78 Å². The molecule has 0 aromatic heterocycles. The Morgan fingerprint density at radius 3 is 1.06 bits per heavy atom. The molecule has 7 aromatic rings. The molecule has 0 aliphatic carbocycles. The molecule has 0 spiro atoms. The minimum atomic E-state index is -1.02. The Balaban J connectivity index is 1.55. The summed E-state index contributed by atoms with van der Waals surface area (Å²) in [6.45, 7) is 23.4. The molecular formula is C61H65OP. The van der Waals surface area contributed by atoms with Crippen LogP contribution in [-0.2, 0) is 4.79 Å². The zero-order chi connectivity index (χ0) is 44.5. The molecule has 1 nitrogen and oxygen atoms in total. The van der Waals surface area contributed by atoms with Gasteiger partial charge in [-0.25, -0.2) is 0 Å². The number of rotatable bonds is 11. The molecule has 2 heteroatoms. The first-order chi connectivity index (χ1) is 30.3. The van der Waals surface area contributed by atoms with Crippen LogP contribution >= 0.6 is 7.92 Å². The predicted octanol–water partition coefficient (Wildman–Crippen LogP) is 17.4. The van der Waals surface area contributed by atoms with E-state index in [9.17, 15) is 4.79 Å². The zero-order valence-corrected chi connectivity index (χ0v) is 40.1. The van der Waals surface area contributed by atoms with E-state index in [-0.39, 0.29) is 35.0 Å². The first-order valence-electron chi connectivity index (χ1n) is 23.3.